The van der Waals surface area contributed by atoms with E-state index < -0.39 is 23.7 Å². The Labute approximate surface area is 144 Å². The molecule has 128 valence electrons. The Morgan fingerprint density at radius 2 is 1.60 bits per heavy atom. The number of hydrogen-bond acceptors (Lipinski definition) is 4. The monoisotopic (exact) mass is 341 g/mol. The van der Waals surface area contributed by atoms with E-state index in [0.29, 0.717) is 17.9 Å². The first-order valence-corrected chi connectivity index (χ1v) is 7.91. The van der Waals surface area contributed by atoms with Crippen LogP contribution in [0.25, 0.3) is 0 Å². The molecule has 6 heteroatoms. The first-order chi connectivity index (χ1) is 12.0. The van der Waals surface area contributed by atoms with Crippen LogP contribution in [0.4, 0.5) is 4.39 Å². The van der Waals surface area contributed by atoms with Gasteiger partial charge in [0.25, 0.3) is 11.8 Å². The maximum Gasteiger partial charge on any atom is 0.336 e. The number of halogens is 1. The highest BCUT2D eigenvalue weighted by molar-refractivity contribution is 6.20. The molecule has 0 spiro atoms. The molecule has 1 heterocycles. The normalized spacial score (nSPS) is 14.4. The highest BCUT2D eigenvalue weighted by Crippen LogP contribution is 2.23. The van der Waals surface area contributed by atoms with Crippen molar-refractivity contribution in [2.45, 2.75) is 19.8 Å². The van der Waals surface area contributed by atoms with Crippen molar-refractivity contribution >= 4 is 17.8 Å². The lowest BCUT2D eigenvalue weighted by Crippen LogP contribution is -2.34. The number of hydrogen-bond donors (Lipinski definition) is 0. The van der Waals surface area contributed by atoms with Crippen LogP contribution in [0.2, 0.25) is 0 Å². The fourth-order valence-electron chi connectivity index (χ4n) is 2.58. The molecular formula is C19H16FNO4. The summed E-state index contributed by atoms with van der Waals surface area (Å²) in [4.78, 5) is 41.5. The van der Waals surface area contributed by atoms with Crippen LogP contribution in [-0.2, 0) is 16.1 Å². The molecule has 25 heavy (non-hydrogen) atoms. The van der Waals surface area contributed by atoms with Gasteiger partial charge in [0, 0.05) is 0 Å². The van der Waals surface area contributed by atoms with Gasteiger partial charge < -0.3 is 4.84 Å². The van der Waals surface area contributed by atoms with Crippen molar-refractivity contribution in [2.24, 2.45) is 5.92 Å². The summed E-state index contributed by atoms with van der Waals surface area (Å²) in [6.45, 7) is 1.66. The van der Waals surface area contributed by atoms with E-state index in [1.54, 1.807) is 31.2 Å². The van der Waals surface area contributed by atoms with E-state index in [1.807, 2.05) is 0 Å². The van der Waals surface area contributed by atoms with Crippen LogP contribution in [0.5, 0.6) is 0 Å². The minimum absolute atomic E-state index is 0.222. The standard InChI is InChI=1S/C19H16FNO4/c1-12(6-7-13-8-10-14(20)11-9-13)19(24)25-21-17(22)15-4-2-3-5-16(15)18(21)23/h2-5,8-12H,6-7H2,1H3. The quantitative estimate of drug-likeness (QED) is 0.784. The smallest absolute Gasteiger partial charge is 0.329 e. The second-order valence-corrected chi connectivity index (χ2v) is 5.93. The van der Waals surface area contributed by atoms with Gasteiger partial charge in [-0.15, -0.1) is 0 Å². The van der Waals surface area contributed by atoms with E-state index in [-0.39, 0.29) is 16.9 Å². The van der Waals surface area contributed by atoms with Gasteiger partial charge in [-0.3, -0.25) is 9.59 Å². The lowest BCUT2D eigenvalue weighted by Gasteiger charge is -2.16. The average Bonchev–Trinajstić information content (AvgIpc) is 2.86. The van der Waals surface area contributed by atoms with Crippen LogP contribution in [0, 0.1) is 11.7 Å². The molecule has 0 bridgehead atoms. The SMILES string of the molecule is CC(CCc1ccc(F)cc1)C(=O)ON1C(=O)c2ccccc2C1=O. The summed E-state index contributed by atoms with van der Waals surface area (Å²) in [5.41, 5.74) is 1.33. The van der Waals surface area contributed by atoms with Gasteiger partial charge in [0.1, 0.15) is 5.82 Å². The summed E-state index contributed by atoms with van der Waals surface area (Å²) in [5, 5.41) is 0.515. The fraction of sp³-hybridized carbons (Fsp3) is 0.211. The minimum Gasteiger partial charge on any atom is -0.329 e. The maximum absolute atomic E-state index is 12.9. The highest BCUT2D eigenvalue weighted by atomic mass is 19.1. The largest absolute Gasteiger partial charge is 0.336 e. The molecule has 2 aromatic carbocycles. The van der Waals surface area contributed by atoms with E-state index in [9.17, 15) is 18.8 Å². The van der Waals surface area contributed by atoms with Crippen molar-refractivity contribution in [3.8, 4) is 0 Å². The van der Waals surface area contributed by atoms with E-state index in [2.05, 4.69) is 0 Å². The Balaban J connectivity index is 1.59. The topological polar surface area (TPSA) is 63.7 Å². The Hall–Kier alpha value is -3.02. The van der Waals surface area contributed by atoms with E-state index >= 15 is 0 Å². The number of hydroxylamine groups is 2. The van der Waals surface area contributed by atoms with E-state index in [1.165, 1.54) is 24.3 Å². The van der Waals surface area contributed by atoms with Crippen molar-refractivity contribution in [2.75, 3.05) is 0 Å². The number of fused-ring (bicyclic) bond motifs is 1. The lowest BCUT2D eigenvalue weighted by atomic mass is 10.0. The molecule has 5 nitrogen and oxygen atoms in total. The van der Waals surface area contributed by atoms with Crippen LogP contribution in [0.3, 0.4) is 0 Å². The Morgan fingerprint density at radius 3 is 2.16 bits per heavy atom. The van der Waals surface area contributed by atoms with Crippen LogP contribution < -0.4 is 0 Å². The maximum atomic E-state index is 12.9. The van der Waals surface area contributed by atoms with Gasteiger partial charge in [0.2, 0.25) is 0 Å². The van der Waals surface area contributed by atoms with Gasteiger partial charge in [-0.1, -0.05) is 36.3 Å². The van der Waals surface area contributed by atoms with E-state index in [4.69, 9.17) is 4.84 Å². The third kappa shape index (κ3) is 3.42. The zero-order chi connectivity index (χ0) is 18.0. The Kier molecular flexibility index (Phi) is 4.61. The summed E-state index contributed by atoms with van der Waals surface area (Å²) >= 11 is 0. The summed E-state index contributed by atoms with van der Waals surface area (Å²) in [7, 11) is 0. The number of benzene rings is 2. The fourth-order valence-corrected chi connectivity index (χ4v) is 2.58. The number of carbonyl (C=O) groups excluding carboxylic acids is 3. The molecule has 0 fully saturated rings. The number of amides is 2. The van der Waals surface area contributed by atoms with Crippen molar-refractivity contribution in [3.63, 3.8) is 0 Å². The van der Waals surface area contributed by atoms with Gasteiger partial charge in [0.05, 0.1) is 17.0 Å². The molecule has 0 aromatic heterocycles. The molecule has 0 radical (unpaired) electrons. The van der Waals surface area contributed by atoms with Gasteiger partial charge >= 0.3 is 5.97 Å². The molecule has 0 aliphatic carbocycles. The molecule has 3 rings (SSSR count). The van der Waals surface area contributed by atoms with E-state index in [0.717, 1.165) is 5.56 Å². The summed E-state index contributed by atoms with van der Waals surface area (Å²) in [6, 6.07) is 12.3. The number of rotatable bonds is 5. The van der Waals surface area contributed by atoms with Gasteiger partial charge in [-0.2, -0.15) is 0 Å². The van der Waals surface area contributed by atoms with Gasteiger partial charge in [0.15, 0.2) is 0 Å². The van der Waals surface area contributed by atoms with Crippen LogP contribution in [0.15, 0.2) is 48.5 Å². The summed E-state index contributed by atoms with van der Waals surface area (Å²) in [6.07, 6.45) is 1.01. The highest BCUT2D eigenvalue weighted by Gasteiger charge is 2.39. The first-order valence-electron chi connectivity index (χ1n) is 7.91. The number of nitrogens with zero attached hydrogens (tertiary/aromatic N) is 1. The molecule has 0 saturated heterocycles. The van der Waals surface area contributed by atoms with Crippen LogP contribution in [0.1, 0.15) is 39.6 Å². The number of imide groups is 1. The average molecular weight is 341 g/mol. The molecule has 2 amide bonds. The predicted molar refractivity (Wildman–Crippen MR) is 86.9 cm³/mol. The summed E-state index contributed by atoms with van der Waals surface area (Å²) in [5.74, 6) is -2.77. The van der Waals surface area contributed by atoms with Crippen LogP contribution >= 0.6 is 0 Å². The Bertz CT molecular complexity index is 797. The van der Waals surface area contributed by atoms with Crippen molar-refractivity contribution in [1.82, 2.24) is 5.06 Å². The second kappa shape index (κ2) is 6.84. The van der Waals surface area contributed by atoms with Crippen molar-refractivity contribution < 1.29 is 23.6 Å². The zero-order valence-electron chi connectivity index (χ0n) is 13.6. The lowest BCUT2D eigenvalue weighted by molar-refractivity contribution is -0.173. The van der Waals surface area contributed by atoms with Gasteiger partial charge in [-0.25, -0.2) is 9.18 Å². The second-order valence-electron chi connectivity index (χ2n) is 5.93. The van der Waals surface area contributed by atoms with Crippen molar-refractivity contribution in [3.05, 3.63) is 71.0 Å². The minimum atomic E-state index is -0.656. The Morgan fingerprint density at radius 1 is 1.04 bits per heavy atom. The molecule has 1 atom stereocenters. The van der Waals surface area contributed by atoms with Gasteiger partial charge in [-0.05, 0) is 42.7 Å². The molecule has 0 saturated carbocycles. The molecule has 0 N–H and O–H groups in total. The number of carbonyl (C=O) groups is 3. The first kappa shape index (κ1) is 16.8. The zero-order valence-corrected chi connectivity index (χ0v) is 13.6. The summed E-state index contributed by atoms with van der Waals surface area (Å²) < 4.78 is 12.9. The third-order valence-corrected chi connectivity index (χ3v) is 4.12. The molecule has 1 unspecified atom stereocenters. The molecule has 2 aromatic rings. The molecule has 1 aliphatic rings. The third-order valence-electron chi connectivity index (χ3n) is 4.12. The van der Waals surface area contributed by atoms with Crippen LogP contribution in [-0.4, -0.2) is 22.8 Å². The molecule has 1 aliphatic heterocycles. The number of aryl methyl sites for hydroxylation is 1. The van der Waals surface area contributed by atoms with Crippen molar-refractivity contribution in [1.29, 1.82) is 0 Å². The molecular weight excluding hydrogens is 325 g/mol. The predicted octanol–water partition coefficient (Wildman–Crippen LogP) is 3.15.